The highest BCUT2D eigenvalue weighted by molar-refractivity contribution is 6.03. The first-order chi connectivity index (χ1) is 21.0. The number of rotatable bonds is 10. The van der Waals surface area contributed by atoms with Gasteiger partial charge in [0.15, 0.2) is 0 Å². The number of hydrogen-bond donors (Lipinski definition) is 0. The van der Waals surface area contributed by atoms with E-state index in [-0.39, 0.29) is 29.7 Å². The second kappa shape index (κ2) is 12.5. The molecular weight excluding hydrogens is 541 g/mol. The summed E-state index contributed by atoms with van der Waals surface area (Å²) in [5.41, 5.74) is 6.25. The maximum absolute atomic E-state index is 13.7. The second-order valence-corrected chi connectivity index (χ2v) is 10.8. The number of aryl methyl sites for hydroxylation is 1. The van der Waals surface area contributed by atoms with E-state index in [1.165, 1.54) is 19.2 Å². The van der Waals surface area contributed by atoms with Crippen LogP contribution in [0.2, 0.25) is 0 Å². The fraction of sp³-hybridized carbons (Fsp3) is 0.189. The van der Waals surface area contributed by atoms with E-state index in [1.54, 1.807) is 17.0 Å². The third-order valence-electron chi connectivity index (χ3n) is 8.15. The van der Waals surface area contributed by atoms with Crippen LogP contribution in [-0.4, -0.2) is 19.0 Å². The van der Waals surface area contributed by atoms with Crippen LogP contribution in [-0.2, 0) is 22.6 Å². The summed E-state index contributed by atoms with van der Waals surface area (Å²) in [5, 5.41) is 0. The molecule has 0 spiro atoms. The van der Waals surface area contributed by atoms with Crippen LogP contribution in [0, 0.1) is 11.7 Å². The minimum atomic E-state index is -0.359. The molecule has 3 aromatic carbocycles. The highest BCUT2D eigenvalue weighted by atomic mass is 19.1. The molecule has 2 aliphatic carbocycles. The first kappa shape index (κ1) is 28.2. The van der Waals surface area contributed by atoms with Crippen LogP contribution in [0.4, 0.5) is 10.1 Å². The molecule has 2 atom stereocenters. The Labute approximate surface area is 250 Å². The molecule has 0 N–H and O–H groups in total. The average molecular weight is 574 g/mol. The van der Waals surface area contributed by atoms with E-state index in [0.717, 1.165) is 46.4 Å². The molecule has 0 bridgehead atoms. The normalized spacial score (nSPS) is 16.1. The highest BCUT2D eigenvalue weighted by Gasteiger charge is 2.48. The number of anilines is 1. The molecule has 6 heteroatoms. The predicted octanol–water partition coefficient (Wildman–Crippen LogP) is 8.02. The number of ether oxygens (including phenoxy) is 2. The van der Waals surface area contributed by atoms with Crippen LogP contribution in [0.5, 0.6) is 5.75 Å². The number of carbonyl (C=O) groups excluding carboxylic acids is 2. The van der Waals surface area contributed by atoms with Crippen molar-refractivity contribution in [2.45, 2.75) is 31.9 Å². The van der Waals surface area contributed by atoms with Crippen LogP contribution < -0.4 is 9.64 Å². The summed E-state index contributed by atoms with van der Waals surface area (Å²) in [6.07, 6.45) is 2.16. The van der Waals surface area contributed by atoms with Gasteiger partial charge < -0.3 is 14.4 Å². The Balaban J connectivity index is 1.20. The number of fused-ring (bicyclic) bond motifs is 1. The summed E-state index contributed by atoms with van der Waals surface area (Å²) < 4.78 is 24.7. The van der Waals surface area contributed by atoms with Gasteiger partial charge in [-0.2, -0.15) is 0 Å². The van der Waals surface area contributed by atoms with Crippen LogP contribution >= 0.6 is 0 Å². The fourth-order valence-corrected chi connectivity index (χ4v) is 5.99. The van der Waals surface area contributed by atoms with Crippen LogP contribution in [0.25, 0.3) is 11.1 Å². The summed E-state index contributed by atoms with van der Waals surface area (Å²) in [6.45, 7) is 0.471. The molecule has 1 heterocycles. The lowest BCUT2D eigenvalue weighted by atomic mass is 9.78. The smallest absolute Gasteiger partial charge is 0.338 e. The van der Waals surface area contributed by atoms with Gasteiger partial charge >= 0.3 is 5.97 Å². The van der Waals surface area contributed by atoms with Crippen LogP contribution in [0.3, 0.4) is 0 Å². The Morgan fingerprint density at radius 3 is 2.21 bits per heavy atom. The number of carbonyl (C=O) groups is 2. The van der Waals surface area contributed by atoms with E-state index >= 15 is 0 Å². The third kappa shape index (κ3) is 5.86. The lowest BCUT2D eigenvalue weighted by Gasteiger charge is -2.47. The van der Waals surface area contributed by atoms with Gasteiger partial charge in [0.05, 0.1) is 24.6 Å². The van der Waals surface area contributed by atoms with Crippen molar-refractivity contribution in [2.24, 2.45) is 5.92 Å². The number of esters is 1. The van der Waals surface area contributed by atoms with Gasteiger partial charge in [0.2, 0.25) is 5.91 Å². The highest BCUT2D eigenvalue weighted by Crippen LogP contribution is 2.46. The SMILES string of the molecule is COC(=O)c1cc(CCC[C@H]2C(=O)N(c3ccc(F)cc3)[C@@H]2c2ccc(OCc3ccccc3)cc2)c2cccccc1-2. The van der Waals surface area contributed by atoms with E-state index in [2.05, 4.69) is 0 Å². The van der Waals surface area contributed by atoms with E-state index in [1.807, 2.05) is 91.0 Å². The molecule has 5 nitrogen and oxygen atoms in total. The number of halogens is 1. The quantitative estimate of drug-likeness (QED) is 0.125. The number of benzene rings is 3. The van der Waals surface area contributed by atoms with Crippen molar-refractivity contribution >= 4 is 17.6 Å². The topological polar surface area (TPSA) is 55.8 Å². The largest absolute Gasteiger partial charge is 0.489 e. The lowest BCUT2D eigenvalue weighted by Crippen LogP contribution is -2.55. The first-order valence-corrected chi connectivity index (χ1v) is 14.5. The van der Waals surface area contributed by atoms with Crippen molar-refractivity contribution in [1.82, 2.24) is 0 Å². The zero-order chi connectivity index (χ0) is 29.8. The van der Waals surface area contributed by atoms with E-state index in [0.29, 0.717) is 24.3 Å². The van der Waals surface area contributed by atoms with Crippen molar-refractivity contribution in [3.63, 3.8) is 0 Å². The van der Waals surface area contributed by atoms with Crippen molar-refractivity contribution in [1.29, 1.82) is 0 Å². The summed E-state index contributed by atoms with van der Waals surface area (Å²) in [5.74, 6) is -0.149. The van der Waals surface area contributed by atoms with Crippen molar-refractivity contribution in [3.8, 4) is 16.9 Å². The maximum Gasteiger partial charge on any atom is 0.338 e. The molecule has 43 heavy (non-hydrogen) atoms. The molecule has 3 aliphatic rings. The van der Waals surface area contributed by atoms with Crippen molar-refractivity contribution in [2.75, 3.05) is 12.0 Å². The first-order valence-electron chi connectivity index (χ1n) is 14.5. The summed E-state index contributed by atoms with van der Waals surface area (Å²) in [7, 11) is 1.39. The van der Waals surface area contributed by atoms with Gasteiger partial charge in [0.1, 0.15) is 18.2 Å². The van der Waals surface area contributed by atoms with Gasteiger partial charge in [-0.3, -0.25) is 4.79 Å². The minimum Gasteiger partial charge on any atom is -0.489 e. The van der Waals surface area contributed by atoms with E-state index < -0.39 is 0 Å². The van der Waals surface area contributed by atoms with Gasteiger partial charge in [-0.05, 0) is 89.5 Å². The number of hydrogen-bond acceptors (Lipinski definition) is 4. The zero-order valence-electron chi connectivity index (χ0n) is 23.9. The molecule has 0 aromatic heterocycles. The van der Waals surface area contributed by atoms with Gasteiger partial charge in [-0.15, -0.1) is 0 Å². The van der Waals surface area contributed by atoms with Gasteiger partial charge in [-0.25, -0.2) is 9.18 Å². The standard InChI is InChI=1S/C37H32FNO4/c1-42-37(41)34-23-27(31-12-6-3-7-13-32(31)34)11-8-14-33-35(39(36(33)40)29-19-17-28(38)18-20-29)26-15-21-30(22-16-26)43-24-25-9-4-2-5-10-25/h2-7,9-10,12-13,15-23,33,35H,8,11,14,24H2,1H3/t33-,35-/m1/s1. The summed E-state index contributed by atoms with van der Waals surface area (Å²) in [6, 6.07) is 35.4. The zero-order valence-corrected chi connectivity index (χ0v) is 23.9. The maximum atomic E-state index is 13.7. The van der Waals surface area contributed by atoms with Crippen LogP contribution in [0.15, 0.2) is 115 Å². The van der Waals surface area contributed by atoms with Gasteiger partial charge in [0.25, 0.3) is 0 Å². The molecule has 0 saturated carbocycles. The Hall–Kier alpha value is -4.97. The molecule has 0 radical (unpaired) electrons. The van der Waals surface area contributed by atoms with Gasteiger partial charge in [0, 0.05) is 5.69 Å². The molecular formula is C37H32FNO4. The molecule has 1 amide bonds. The Morgan fingerprint density at radius 1 is 0.837 bits per heavy atom. The molecule has 1 saturated heterocycles. The number of amides is 1. The van der Waals surface area contributed by atoms with Crippen molar-refractivity contribution in [3.05, 3.63) is 143 Å². The molecule has 6 rings (SSSR count). The molecule has 3 aromatic rings. The summed E-state index contributed by atoms with van der Waals surface area (Å²) in [4.78, 5) is 27.7. The van der Waals surface area contributed by atoms with E-state index in [4.69, 9.17) is 9.47 Å². The minimum absolute atomic E-state index is 0.0232. The molecule has 1 fully saturated rings. The number of β-lactam (4-membered cyclic amide) rings is 1. The fourth-order valence-electron chi connectivity index (χ4n) is 5.99. The Bertz CT molecular complexity index is 1680. The Kier molecular flexibility index (Phi) is 8.18. The molecule has 0 unspecified atom stereocenters. The third-order valence-corrected chi connectivity index (χ3v) is 8.15. The Morgan fingerprint density at radius 2 is 1.51 bits per heavy atom. The monoisotopic (exact) mass is 573 g/mol. The number of methoxy groups -OCH3 is 1. The molecule has 216 valence electrons. The van der Waals surface area contributed by atoms with E-state index in [9.17, 15) is 14.0 Å². The average Bonchev–Trinajstić information content (AvgIpc) is 3.20. The predicted molar refractivity (Wildman–Crippen MR) is 165 cm³/mol. The van der Waals surface area contributed by atoms with Crippen molar-refractivity contribution < 1.29 is 23.5 Å². The number of nitrogens with zero attached hydrogens (tertiary/aromatic N) is 1. The lowest BCUT2D eigenvalue weighted by molar-refractivity contribution is -0.130. The summed E-state index contributed by atoms with van der Waals surface area (Å²) >= 11 is 0. The molecule has 1 aliphatic heterocycles. The van der Waals surface area contributed by atoms with Gasteiger partial charge in [-0.1, -0.05) is 72.8 Å². The van der Waals surface area contributed by atoms with Crippen LogP contribution in [0.1, 0.15) is 45.9 Å². The second-order valence-electron chi connectivity index (χ2n) is 10.8.